The van der Waals surface area contributed by atoms with Crippen LogP contribution in [0, 0.1) is 6.92 Å². The van der Waals surface area contributed by atoms with Gasteiger partial charge in [-0.05, 0) is 32.4 Å². The van der Waals surface area contributed by atoms with E-state index in [2.05, 4.69) is 5.32 Å². The van der Waals surface area contributed by atoms with Crippen molar-refractivity contribution in [2.24, 2.45) is 0 Å². The third-order valence-electron chi connectivity index (χ3n) is 2.90. The van der Waals surface area contributed by atoms with E-state index >= 15 is 0 Å². The van der Waals surface area contributed by atoms with Crippen molar-refractivity contribution in [1.29, 1.82) is 0 Å². The molecule has 0 aliphatic carbocycles. The Balaban J connectivity index is 3.16. The Labute approximate surface area is 151 Å². The Hall–Kier alpha value is -0.290. The van der Waals surface area contributed by atoms with Crippen molar-refractivity contribution in [3.8, 4) is 0 Å². The lowest BCUT2D eigenvalue weighted by Gasteiger charge is -2.31. The molecule has 0 bridgehead atoms. The average Bonchev–Trinajstić information content (AvgIpc) is 2.44. The van der Waals surface area contributed by atoms with Crippen LogP contribution in [0.4, 0.5) is 0 Å². The minimum Gasteiger partial charge on any atom is -0.334 e. The van der Waals surface area contributed by atoms with Crippen LogP contribution in [0.3, 0.4) is 0 Å². The zero-order chi connectivity index (χ0) is 17.7. The van der Waals surface area contributed by atoms with Gasteiger partial charge in [-0.2, -0.15) is 0 Å². The lowest BCUT2D eigenvalue weighted by atomic mass is 10.1. The molecule has 0 heterocycles. The highest BCUT2D eigenvalue weighted by molar-refractivity contribution is 7.55. The summed E-state index contributed by atoms with van der Waals surface area (Å²) in [7, 11) is -3.87. The van der Waals surface area contributed by atoms with E-state index in [-0.39, 0.29) is 13.2 Å². The summed E-state index contributed by atoms with van der Waals surface area (Å²) in [5.74, 6) is -1.97. The molecule has 0 fully saturated rings. The van der Waals surface area contributed by atoms with E-state index in [1.54, 1.807) is 45.0 Å². The molecule has 1 aromatic rings. The van der Waals surface area contributed by atoms with Gasteiger partial charge < -0.3 is 14.4 Å². The van der Waals surface area contributed by atoms with Gasteiger partial charge in [0.25, 0.3) is 5.91 Å². The third kappa shape index (κ3) is 5.63. The van der Waals surface area contributed by atoms with Crippen molar-refractivity contribution in [2.75, 3.05) is 13.2 Å². The molecule has 0 aliphatic rings. The minimum atomic E-state index is -3.87. The van der Waals surface area contributed by atoms with Crippen molar-refractivity contribution >= 4 is 48.3 Å². The average molecular weight is 403 g/mol. The number of nitrogens with one attached hydrogen (secondary N) is 1. The number of hydrogen-bond acceptors (Lipinski definition) is 4. The number of amides is 1. The number of carbonyl (C=O) groups excluding carboxylic acids is 1. The molecule has 0 aromatic heterocycles. The predicted molar refractivity (Wildman–Crippen MR) is 93.6 cm³/mol. The highest BCUT2D eigenvalue weighted by Crippen LogP contribution is 2.58. The monoisotopic (exact) mass is 401 g/mol. The van der Waals surface area contributed by atoms with Gasteiger partial charge in [0.2, 0.25) is 3.79 Å². The largest absolute Gasteiger partial charge is 0.357 e. The molecule has 1 amide bonds. The summed E-state index contributed by atoms with van der Waals surface area (Å²) in [6.45, 7) is 5.18. The number of carbonyl (C=O) groups is 1. The molecule has 1 N–H and O–H groups in total. The van der Waals surface area contributed by atoms with Crippen LogP contribution in [0.5, 0.6) is 0 Å². The molecule has 0 unspecified atom stereocenters. The van der Waals surface area contributed by atoms with E-state index in [9.17, 15) is 9.36 Å². The number of halogens is 3. The molecular weight excluding hydrogens is 383 g/mol. The van der Waals surface area contributed by atoms with Crippen LogP contribution in [-0.2, 0) is 13.6 Å². The SMILES string of the molecule is CCOP(=O)(OCC)[C@H](NC(=O)c1ccccc1C)C(Cl)(Cl)Cl. The quantitative estimate of drug-likeness (QED) is 0.531. The Kier molecular flexibility index (Phi) is 7.85. The minimum absolute atomic E-state index is 0.0781. The normalized spacial score (nSPS) is 13.7. The van der Waals surface area contributed by atoms with Crippen molar-refractivity contribution in [1.82, 2.24) is 5.32 Å². The van der Waals surface area contributed by atoms with Gasteiger partial charge in [-0.3, -0.25) is 9.36 Å². The second kappa shape index (κ2) is 8.70. The Morgan fingerprint density at radius 3 is 2.17 bits per heavy atom. The number of benzene rings is 1. The van der Waals surface area contributed by atoms with Gasteiger partial charge in [-0.15, -0.1) is 0 Å². The second-order valence-electron chi connectivity index (χ2n) is 4.61. The maximum atomic E-state index is 12.9. The topological polar surface area (TPSA) is 64.6 Å². The molecule has 5 nitrogen and oxygen atoms in total. The smallest absolute Gasteiger partial charge is 0.334 e. The fraction of sp³-hybridized carbons (Fsp3) is 0.500. The number of hydrogen-bond donors (Lipinski definition) is 1. The number of rotatable bonds is 7. The van der Waals surface area contributed by atoms with Crippen molar-refractivity contribution < 1.29 is 18.4 Å². The number of alkyl halides is 3. The zero-order valence-electron chi connectivity index (χ0n) is 13.0. The highest BCUT2D eigenvalue weighted by Gasteiger charge is 2.49. The third-order valence-corrected chi connectivity index (χ3v) is 6.40. The zero-order valence-corrected chi connectivity index (χ0v) is 16.2. The van der Waals surface area contributed by atoms with Gasteiger partial charge >= 0.3 is 7.60 Å². The first-order valence-electron chi connectivity index (χ1n) is 6.97. The van der Waals surface area contributed by atoms with E-state index in [1.807, 2.05) is 0 Å². The molecular formula is C14H19Cl3NO4P. The molecule has 1 aromatic carbocycles. The van der Waals surface area contributed by atoms with Crippen molar-refractivity contribution in [2.45, 2.75) is 30.3 Å². The van der Waals surface area contributed by atoms with Gasteiger partial charge in [0, 0.05) is 5.56 Å². The standard InChI is InChI=1S/C14H19Cl3NO4P/c1-4-21-23(20,22-5-2)13(14(15,16)17)18-12(19)11-9-7-6-8-10(11)3/h6-9,13H,4-5H2,1-3H3,(H,18,19)/t13-/m0/s1. The first kappa shape index (κ1) is 20.8. The van der Waals surface area contributed by atoms with Gasteiger partial charge in [-0.25, -0.2) is 0 Å². The Morgan fingerprint density at radius 1 is 1.22 bits per heavy atom. The summed E-state index contributed by atoms with van der Waals surface area (Å²) in [5, 5.41) is 2.48. The maximum Gasteiger partial charge on any atom is 0.357 e. The molecule has 0 aliphatic heterocycles. The summed E-state index contributed by atoms with van der Waals surface area (Å²) in [4.78, 5) is 12.5. The molecule has 1 atom stereocenters. The van der Waals surface area contributed by atoms with E-state index in [1.165, 1.54) is 0 Å². The van der Waals surface area contributed by atoms with Crippen LogP contribution in [0.1, 0.15) is 29.8 Å². The van der Waals surface area contributed by atoms with E-state index in [4.69, 9.17) is 43.9 Å². The fourth-order valence-corrected chi connectivity index (χ4v) is 4.88. The summed E-state index contributed by atoms with van der Waals surface area (Å²) >= 11 is 17.7. The Bertz CT molecular complexity index is 582. The predicted octanol–water partition coefficient (Wildman–Crippen LogP) is 4.69. The lowest BCUT2D eigenvalue weighted by molar-refractivity contribution is 0.0937. The van der Waals surface area contributed by atoms with Crippen LogP contribution in [-0.4, -0.2) is 28.7 Å². The molecule has 0 radical (unpaired) electrons. The molecule has 23 heavy (non-hydrogen) atoms. The van der Waals surface area contributed by atoms with Crippen LogP contribution in [0.2, 0.25) is 0 Å². The van der Waals surface area contributed by atoms with E-state index in [0.29, 0.717) is 5.56 Å². The van der Waals surface area contributed by atoms with Crippen LogP contribution in [0.15, 0.2) is 24.3 Å². The van der Waals surface area contributed by atoms with Gasteiger partial charge in [-0.1, -0.05) is 53.0 Å². The molecule has 0 saturated heterocycles. The van der Waals surface area contributed by atoms with Crippen LogP contribution in [0.25, 0.3) is 0 Å². The van der Waals surface area contributed by atoms with Crippen LogP contribution < -0.4 is 5.32 Å². The molecule has 130 valence electrons. The van der Waals surface area contributed by atoms with E-state index < -0.39 is 23.1 Å². The fourth-order valence-electron chi connectivity index (χ4n) is 1.92. The molecule has 9 heteroatoms. The van der Waals surface area contributed by atoms with E-state index in [0.717, 1.165) is 5.56 Å². The number of aryl methyl sites for hydroxylation is 1. The summed E-state index contributed by atoms with van der Waals surface area (Å²) < 4.78 is 21.2. The summed E-state index contributed by atoms with van der Waals surface area (Å²) in [6.07, 6.45) is 0. The van der Waals surface area contributed by atoms with Gasteiger partial charge in [0.05, 0.1) is 13.2 Å². The maximum absolute atomic E-state index is 12.9. The first-order valence-corrected chi connectivity index (χ1v) is 9.72. The van der Waals surface area contributed by atoms with Gasteiger partial charge in [0.15, 0.2) is 5.78 Å². The van der Waals surface area contributed by atoms with Gasteiger partial charge in [0.1, 0.15) is 0 Å². The van der Waals surface area contributed by atoms with Crippen molar-refractivity contribution in [3.05, 3.63) is 35.4 Å². The molecule has 1 rings (SSSR count). The van der Waals surface area contributed by atoms with Crippen molar-refractivity contribution in [3.63, 3.8) is 0 Å². The summed E-state index contributed by atoms with van der Waals surface area (Å²) in [6, 6.07) is 6.89. The Morgan fingerprint density at radius 2 is 1.74 bits per heavy atom. The highest BCUT2D eigenvalue weighted by atomic mass is 35.6. The molecule has 0 saturated carbocycles. The van der Waals surface area contributed by atoms with Crippen LogP contribution >= 0.6 is 42.4 Å². The summed E-state index contributed by atoms with van der Waals surface area (Å²) in [5.41, 5.74) is 1.11. The first-order chi connectivity index (χ1) is 10.7. The molecule has 0 spiro atoms. The second-order valence-corrected chi connectivity index (χ2v) is 9.09. The lowest BCUT2D eigenvalue weighted by Crippen LogP contribution is -2.44.